The van der Waals surface area contributed by atoms with Crippen LogP contribution in [-0.4, -0.2) is 48.6 Å². The lowest BCUT2D eigenvalue weighted by molar-refractivity contribution is -0.134. The van der Waals surface area contributed by atoms with Gasteiger partial charge in [0.25, 0.3) is 0 Å². The highest BCUT2D eigenvalue weighted by Gasteiger charge is 2.47. The quantitative estimate of drug-likeness (QED) is 0.688. The molecule has 1 atom stereocenters. The van der Waals surface area contributed by atoms with Gasteiger partial charge in [0.05, 0.1) is 0 Å². The molecule has 1 saturated carbocycles. The Hall–Kier alpha value is -0.610. The van der Waals surface area contributed by atoms with Gasteiger partial charge in [0.2, 0.25) is 5.91 Å². The van der Waals surface area contributed by atoms with Crippen LogP contribution in [0.1, 0.15) is 26.7 Å². The minimum absolute atomic E-state index is 0.00579. The smallest absolute Gasteiger partial charge is 0.238 e. The molecule has 0 bridgehead atoms. The van der Waals surface area contributed by atoms with Crippen LogP contribution in [0.25, 0.3) is 0 Å². The Morgan fingerprint density at radius 3 is 2.73 bits per heavy atom. The van der Waals surface area contributed by atoms with Crippen LogP contribution < -0.4 is 10.6 Å². The maximum atomic E-state index is 11.8. The summed E-state index contributed by atoms with van der Waals surface area (Å²) in [5.74, 6) is 0.176. The van der Waals surface area contributed by atoms with Crippen molar-refractivity contribution in [3.05, 3.63) is 0 Å². The molecule has 2 rings (SSSR count). The van der Waals surface area contributed by atoms with Gasteiger partial charge in [-0.2, -0.15) is 0 Å². The molecular formula is C11H21N3O. The van der Waals surface area contributed by atoms with E-state index in [0.717, 1.165) is 13.1 Å². The van der Waals surface area contributed by atoms with Crippen molar-refractivity contribution in [1.29, 1.82) is 0 Å². The van der Waals surface area contributed by atoms with Gasteiger partial charge in [-0.3, -0.25) is 9.69 Å². The Balaban J connectivity index is 2.17. The fraction of sp³-hybridized carbons (Fsp3) is 0.909. The second kappa shape index (κ2) is 3.76. The molecule has 0 aromatic heterocycles. The first-order valence-electron chi connectivity index (χ1n) is 5.77. The third kappa shape index (κ3) is 2.01. The predicted molar refractivity (Wildman–Crippen MR) is 59.7 cm³/mol. The summed E-state index contributed by atoms with van der Waals surface area (Å²) in [4.78, 5) is 14.2. The van der Waals surface area contributed by atoms with Gasteiger partial charge in [-0.25, -0.2) is 0 Å². The number of nitrogens with one attached hydrogen (secondary N) is 2. The van der Waals surface area contributed by atoms with E-state index in [2.05, 4.69) is 29.4 Å². The third-order valence-electron chi connectivity index (χ3n) is 3.37. The number of nitrogens with zero attached hydrogens (tertiary/aromatic N) is 1. The second-order valence-corrected chi connectivity index (χ2v) is 5.24. The first-order chi connectivity index (χ1) is 7.06. The largest absolute Gasteiger partial charge is 0.353 e. The van der Waals surface area contributed by atoms with Crippen molar-refractivity contribution in [2.24, 2.45) is 0 Å². The summed E-state index contributed by atoms with van der Waals surface area (Å²) in [6, 6.07) is 0.635. The van der Waals surface area contributed by atoms with Crippen LogP contribution in [0.15, 0.2) is 0 Å². The highest BCUT2D eigenvalue weighted by atomic mass is 16.2. The molecule has 1 heterocycles. The molecule has 1 aliphatic heterocycles. The predicted octanol–water partition coefficient (Wildman–Crippen LogP) is -0.0528. The zero-order valence-corrected chi connectivity index (χ0v) is 9.84. The van der Waals surface area contributed by atoms with E-state index in [9.17, 15) is 4.79 Å². The number of hydrogen-bond donors (Lipinski definition) is 2. The monoisotopic (exact) mass is 211 g/mol. The molecule has 2 N–H and O–H groups in total. The van der Waals surface area contributed by atoms with E-state index < -0.39 is 0 Å². The lowest BCUT2D eigenvalue weighted by atomic mass is 9.95. The zero-order chi connectivity index (χ0) is 11.1. The summed E-state index contributed by atoms with van der Waals surface area (Å²) < 4.78 is 0. The van der Waals surface area contributed by atoms with Gasteiger partial charge in [0.1, 0.15) is 6.04 Å². The van der Waals surface area contributed by atoms with Gasteiger partial charge in [-0.15, -0.1) is 0 Å². The summed E-state index contributed by atoms with van der Waals surface area (Å²) in [5, 5.41) is 6.11. The minimum atomic E-state index is 0.00579. The number of likely N-dealkylation sites (N-methyl/N-ethyl adjacent to an activating group) is 1. The summed E-state index contributed by atoms with van der Waals surface area (Å²) in [5.41, 5.74) is 0.0938. The van der Waals surface area contributed by atoms with Crippen LogP contribution in [0, 0.1) is 0 Å². The second-order valence-electron chi connectivity index (χ2n) is 5.24. The Labute approximate surface area is 91.4 Å². The van der Waals surface area contributed by atoms with Gasteiger partial charge >= 0.3 is 0 Å². The van der Waals surface area contributed by atoms with Gasteiger partial charge in [-0.05, 0) is 33.7 Å². The van der Waals surface area contributed by atoms with E-state index in [1.54, 1.807) is 0 Å². The van der Waals surface area contributed by atoms with Gasteiger partial charge in [-0.1, -0.05) is 0 Å². The standard InChI is InChI=1S/C11H21N3O/c1-11(2)7-13-10(15)9(6-12-3)14(11)8-4-5-8/h8-9,12H,4-7H2,1-3H3,(H,13,15). The molecule has 4 heteroatoms. The summed E-state index contributed by atoms with van der Waals surface area (Å²) in [7, 11) is 1.90. The van der Waals surface area contributed by atoms with E-state index >= 15 is 0 Å². The van der Waals surface area contributed by atoms with Crippen molar-refractivity contribution in [3.8, 4) is 0 Å². The van der Waals surface area contributed by atoms with Crippen LogP contribution in [-0.2, 0) is 4.79 Å². The fourth-order valence-electron chi connectivity index (χ4n) is 2.55. The summed E-state index contributed by atoms with van der Waals surface area (Å²) in [6.07, 6.45) is 2.49. The normalized spacial score (nSPS) is 31.4. The van der Waals surface area contributed by atoms with Crippen LogP contribution in [0.4, 0.5) is 0 Å². The van der Waals surface area contributed by atoms with Gasteiger partial charge < -0.3 is 10.6 Å². The minimum Gasteiger partial charge on any atom is -0.353 e. The molecule has 2 fully saturated rings. The highest BCUT2D eigenvalue weighted by molar-refractivity contribution is 5.83. The molecule has 0 radical (unpaired) electrons. The lowest BCUT2D eigenvalue weighted by Gasteiger charge is -2.47. The van der Waals surface area contributed by atoms with Crippen LogP contribution >= 0.6 is 0 Å². The Morgan fingerprint density at radius 2 is 2.20 bits per heavy atom. The van der Waals surface area contributed by atoms with Crippen LogP contribution in [0.3, 0.4) is 0 Å². The summed E-state index contributed by atoms with van der Waals surface area (Å²) >= 11 is 0. The van der Waals surface area contributed by atoms with E-state index in [-0.39, 0.29) is 17.5 Å². The van der Waals surface area contributed by atoms with Gasteiger partial charge in [0, 0.05) is 24.7 Å². The zero-order valence-electron chi connectivity index (χ0n) is 9.84. The van der Waals surface area contributed by atoms with E-state index in [4.69, 9.17) is 0 Å². The first-order valence-corrected chi connectivity index (χ1v) is 5.77. The molecule has 4 nitrogen and oxygen atoms in total. The molecule has 0 aromatic carbocycles. The van der Waals surface area contributed by atoms with Crippen LogP contribution in [0.5, 0.6) is 0 Å². The molecule has 1 saturated heterocycles. The average Bonchev–Trinajstić information content (AvgIpc) is 2.95. The maximum Gasteiger partial charge on any atom is 0.238 e. The van der Waals surface area contributed by atoms with Gasteiger partial charge in [0.15, 0.2) is 0 Å². The van der Waals surface area contributed by atoms with Crippen molar-refractivity contribution < 1.29 is 4.79 Å². The number of amides is 1. The molecule has 0 aromatic rings. The molecular weight excluding hydrogens is 190 g/mol. The van der Waals surface area contributed by atoms with Crippen molar-refractivity contribution >= 4 is 5.91 Å². The lowest BCUT2D eigenvalue weighted by Crippen LogP contribution is -2.68. The summed E-state index contributed by atoms with van der Waals surface area (Å²) in [6.45, 7) is 5.94. The van der Waals surface area contributed by atoms with Crippen molar-refractivity contribution in [2.75, 3.05) is 20.1 Å². The first kappa shape index (κ1) is 10.9. The van der Waals surface area contributed by atoms with E-state index in [1.165, 1.54) is 12.8 Å². The molecule has 1 amide bonds. The van der Waals surface area contributed by atoms with Crippen molar-refractivity contribution in [3.63, 3.8) is 0 Å². The number of hydrogen-bond acceptors (Lipinski definition) is 3. The maximum absolute atomic E-state index is 11.8. The SMILES string of the molecule is CNCC1C(=O)NCC(C)(C)N1C1CC1. The highest BCUT2D eigenvalue weighted by Crippen LogP contribution is 2.36. The Kier molecular flexibility index (Phi) is 2.73. The number of rotatable bonds is 3. The van der Waals surface area contributed by atoms with Crippen molar-refractivity contribution in [1.82, 2.24) is 15.5 Å². The van der Waals surface area contributed by atoms with E-state index in [0.29, 0.717) is 6.04 Å². The molecule has 86 valence electrons. The Morgan fingerprint density at radius 1 is 1.53 bits per heavy atom. The average molecular weight is 211 g/mol. The molecule has 1 unspecified atom stereocenters. The Bertz CT molecular complexity index is 261. The van der Waals surface area contributed by atoms with Crippen molar-refractivity contribution in [2.45, 2.75) is 44.3 Å². The third-order valence-corrected chi connectivity index (χ3v) is 3.37. The molecule has 0 spiro atoms. The number of carbonyl (C=O) groups excluding carboxylic acids is 1. The molecule has 2 aliphatic rings. The van der Waals surface area contributed by atoms with Crippen LogP contribution in [0.2, 0.25) is 0 Å². The topological polar surface area (TPSA) is 44.4 Å². The number of piperazine rings is 1. The van der Waals surface area contributed by atoms with E-state index in [1.807, 2.05) is 7.05 Å². The molecule has 1 aliphatic carbocycles. The number of carbonyl (C=O) groups is 1. The fourth-order valence-corrected chi connectivity index (χ4v) is 2.55. The molecule has 15 heavy (non-hydrogen) atoms.